The van der Waals surface area contributed by atoms with E-state index in [0.29, 0.717) is 5.75 Å². The van der Waals surface area contributed by atoms with Crippen LogP contribution in [0.15, 0.2) is 66.9 Å². The van der Waals surface area contributed by atoms with Crippen LogP contribution in [0.2, 0.25) is 0 Å². The first kappa shape index (κ1) is 31.3. The van der Waals surface area contributed by atoms with Crippen molar-refractivity contribution >= 4 is 17.7 Å². The van der Waals surface area contributed by atoms with Crippen LogP contribution in [0.4, 0.5) is 0 Å². The highest BCUT2D eigenvalue weighted by molar-refractivity contribution is 5.99. The molecule has 3 atom stereocenters. The Morgan fingerprint density at radius 2 is 1.59 bits per heavy atom. The van der Waals surface area contributed by atoms with Gasteiger partial charge in [0.05, 0.1) is 13.0 Å². The molecule has 41 heavy (non-hydrogen) atoms. The fraction of sp³-hybridized carbons (Fsp3) is 0.394. The van der Waals surface area contributed by atoms with Gasteiger partial charge in [-0.05, 0) is 48.9 Å². The molecule has 0 aliphatic heterocycles. The van der Waals surface area contributed by atoms with E-state index in [0.717, 1.165) is 24.0 Å². The molecule has 3 rings (SSSR count). The van der Waals surface area contributed by atoms with Crippen LogP contribution in [0.25, 0.3) is 11.1 Å². The van der Waals surface area contributed by atoms with Gasteiger partial charge in [-0.1, -0.05) is 63.2 Å². The first-order valence-corrected chi connectivity index (χ1v) is 14.0. The lowest BCUT2D eigenvalue weighted by Gasteiger charge is -2.31. The Labute approximate surface area is 242 Å². The highest BCUT2D eigenvalue weighted by Crippen LogP contribution is 2.32. The molecule has 2 aromatic carbocycles. The highest BCUT2D eigenvalue weighted by Gasteiger charge is 2.32. The third kappa shape index (κ3) is 8.39. The van der Waals surface area contributed by atoms with Crippen LogP contribution in [-0.4, -0.2) is 42.0 Å². The van der Waals surface area contributed by atoms with Crippen molar-refractivity contribution in [1.29, 1.82) is 0 Å². The van der Waals surface area contributed by atoms with Gasteiger partial charge < -0.3 is 18.9 Å². The van der Waals surface area contributed by atoms with Crippen LogP contribution in [0, 0.1) is 11.8 Å². The van der Waals surface area contributed by atoms with E-state index in [1.54, 1.807) is 6.92 Å². The van der Waals surface area contributed by atoms with Crippen molar-refractivity contribution in [1.82, 2.24) is 4.98 Å². The van der Waals surface area contributed by atoms with E-state index < -0.39 is 35.8 Å². The third-order valence-corrected chi connectivity index (χ3v) is 6.98. The summed E-state index contributed by atoms with van der Waals surface area (Å²) in [6.45, 7) is 8.83. The third-order valence-electron chi connectivity index (χ3n) is 6.98. The van der Waals surface area contributed by atoms with Crippen molar-refractivity contribution in [3.05, 3.63) is 72.6 Å². The maximum atomic E-state index is 13.1. The molecule has 0 fully saturated rings. The van der Waals surface area contributed by atoms with Crippen LogP contribution in [0.5, 0.6) is 17.2 Å². The van der Waals surface area contributed by atoms with Gasteiger partial charge in [0.15, 0.2) is 17.2 Å². The van der Waals surface area contributed by atoms with E-state index in [1.165, 1.54) is 26.3 Å². The number of rotatable bonds is 14. The number of carbonyl (C=O) groups is 3. The number of carbonyl (C=O) groups excluding carboxylic acids is 3. The van der Waals surface area contributed by atoms with Crippen molar-refractivity contribution in [2.24, 2.45) is 11.8 Å². The molecule has 0 bridgehead atoms. The molecule has 0 spiro atoms. The van der Waals surface area contributed by atoms with Gasteiger partial charge in [0, 0.05) is 25.6 Å². The Morgan fingerprint density at radius 3 is 2.22 bits per heavy atom. The van der Waals surface area contributed by atoms with Crippen LogP contribution in [0.1, 0.15) is 64.4 Å². The fourth-order valence-electron chi connectivity index (χ4n) is 4.72. The van der Waals surface area contributed by atoms with E-state index in [9.17, 15) is 14.4 Å². The van der Waals surface area contributed by atoms with Gasteiger partial charge in [-0.25, -0.2) is 4.98 Å². The Morgan fingerprint density at radius 1 is 0.902 bits per heavy atom. The number of benzene rings is 2. The lowest BCUT2D eigenvalue weighted by Crippen LogP contribution is -2.40. The maximum Gasteiger partial charge on any atom is 0.309 e. The summed E-state index contributed by atoms with van der Waals surface area (Å²) in [6, 6.07) is 19.4. The van der Waals surface area contributed by atoms with Crippen molar-refractivity contribution in [3.63, 3.8) is 0 Å². The number of ketones is 1. The summed E-state index contributed by atoms with van der Waals surface area (Å²) >= 11 is 0. The zero-order chi connectivity index (χ0) is 29.9. The average Bonchev–Trinajstić information content (AvgIpc) is 2.97. The molecule has 0 saturated heterocycles. The highest BCUT2D eigenvalue weighted by atomic mass is 16.6. The normalized spacial score (nSPS) is 13.1. The quantitative estimate of drug-likeness (QED) is 0.158. The Kier molecular flexibility index (Phi) is 11.4. The van der Waals surface area contributed by atoms with E-state index in [1.807, 2.05) is 61.5 Å². The van der Waals surface area contributed by atoms with Crippen molar-refractivity contribution in [3.8, 4) is 28.4 Å². The summed E-state index contributed by atoms with van der Waals surface area (Å²) in [4.78, 5) is 41.9. The monoisotopic (exact) mass is 561 g/mol. The van der Waals surface area contributed by atoms with E-state index in [-0.39, 0.29) is 29.5 Å². The molecule has 8 nitrogen and oxygen atoms in total. The Balaban J connectivity index is 1.74. The van der Waals surface area contributed by atoms with Gasteiger partial charge in [-0.3, -0.25) is 14.4 Å². The topological polar surface area (TPSA) is 101 Å². The number of nitrogens with zero attached hydrogens (tertiary/aromatic N) is 1. The smallest absolute Gasteiger partial charge is 0.309 e. The molecule has 0 aliphatic rings. The largest absolute Gasteiger partial charge is 0.493 e. The van der Waals surface area contributed by atoms with E-state index in [2.05, 4.69) is 18.8 Å². The summed E-state index contributed by atoms with van der Waals surface area (Å²) in [5.74, 6) is -1.42. The second-order valence-corrected chi connectivity index (χ2v) is 10.0. The number of pyridine rings is 1. The van der Waals surface area contributed by atoms with Crippen molar-refractivity contribution in [2.75, 3.05) is 7.11 Å². The van der Waals surface area contributed by atoms with Crippen molar-refractivity contribution in [2.45, 2.75) is 66.1 Å². The van der Waals surface area contributed by atoms with Crippen LogP contribution < -0.4 is 14.2 Å². The van der Waals surface area contributed by atoms with Gasteiger partial charge in [-0.15, -0.1) is 0 Å². The minimum atomic E-state index is -0.771. The molecule has 3 aromatic rings. The zero-order valence-electron chi connectivity index (χ0n) is 24.6. The number of Topliss-reactive ketones (excluding diaryl/α,β-unsaturated/α-hetero) is 1. The maximum absolute atomic E-state index is 13.1. The van der Waals surface area contributed by atoms with Crippen molar-refractivity contribution < 1.29 is 33.3 Å². The van der Waals surface area contributed by atoms with E-state index in [4.69, 9.17) is 18.9 Å². The summed E-state index contributed by atoms with van der Waals surface area (Å²) < 4.78 is 22.8. The number of methoxy groups -OCH3 is 1. The average molecular weight is 562 g/mol. The predicted molar refractivity (Wildman–Crippen MR) is 156 cm³/mol. The number of hydrogen-bond donors (Lipinski definition) is 0. The second-order valence-electron chi connectivity index (χ2n) is 10.0. The molecule has 0 amide bonds. The molecule has 8 heteroatoms. The summed E-state index contributed by atoms with van der Waals surface area (Å²) in [7, 11) is 1.40. The van der Waals surface area contributed by atoms with Crippen LogP contribution in [-0.2, 0) is 14.3 Å². The standard InChI is InChI=1S/C33H39NO7/c1-7-24(8-2)31(41-27-16-12-15-26(20-27)25-13-10-9-11-14-25)22(4)39-33(37)21(3)19-28(36)30-32(40-23(5)35)29(38-6)17-18-34-30/h9-18,20-22,24,31H,7-8,19H2,1-6H3/t21-,22+,31+/m1/s1. The molecule has 0 saturated carbocycles. The Hall–Kier alpha value is -4.20. The molecular weight excluding hydrogens is 522 g/mol. The fourth-order valence-corrected chi connectivity index (χ4v) is 4.72. The van der Waals surface area contributed by atoms with Gasteiger partial charge >= 0.3 is 11.9 Å². The lowest BCUT2D eigenvalue weighted by molar-refractivity contribution is -0.158. The predicted octanol–water partition coefficient (Wildman–Crippen LogP) is 6.71. The number of aromatic nitrogens is 1. The van der Waals surface area contributed by atoms with E-state index >= 15 is 0 Å². The minimum absolute atomic E-state index is 0.0682. The summed E-state index contributed by atoms with van der Waals surface area (Å²) in [6.07, 6.45) is 1.92. The molecular formula is C33H39NO7. The molecule has 0 N–H and O–H groups in total. The SMILES string of the molecule is CCC(CC)[C@@H](Oc1cccc(-c2ccccc2)c1)[C@H](C)OC(=O)[C@H](C)CC(=O)c1nccc(OC)c1OC(C)=O. The molecule has 1 aromatic heterocycles. The lowest BCUT2D eigenvalue weighted by atomic mass is 9.92. The molecule has 0 radical (unpaired) electrons. The Bertz CT molecular complexity index is 1320. The minimum Gasteiger partial charge on any atom is -0.493 e. The van der Waals surface area contributed by atoms with Gasteiger partial charge in [-0.2, -0.15) is 0 Å². The zero-order valence-corrected chi connectivity index (χ0v) is 24.6. The second kappa shape index (κ2) is 15.0. The first-order chi connectivity index (χ1) is 19.7. The first-order valence-electron chi connectivity index (χ1n) is 14.0. The molecule has 1 heterocycles. The van der Waals surface area contributed by atoms with Crippen LogP contribution >= 0.6 is 0 Å². The van der Waals surface area contributed by atoms with Crippen LogP contribution in [0.3, 0.4) is 0 Å². The number of ether oxygens (including phenoxy) is 4. The number of hydrogen-bond acceptors (Lipinski definition) is 8. The summed E-state index contributed by atoms with van der Waals surface area (Å²) in [5.41, 5.74) is 2.03. The summed E-state index contributed by atoms with van der Waals surface area (Å²) in [5, 5.41) is 0. The van der Waals surface area contributed by atoms with Gasteiger partial charge in [0.25, 0.3) is 0 Å². The molecule has 218 valence electrons. The number of esters is 2. The van der Waals surface area contributed by atoms with Gasteiger partial charge in [0.2, 0.25) is 5.75 Å². The van der Waals surface area contributed by atoms with Gasteiger partial charge in [0.1, 0.15) is 18.0 Å². The molecule has 0 unspecified atom stereocenters. The molecule has 0 aliphatic carbocycles.